The molecule has 0 amide bonds. The van der Waals surface area contributed by atoms with Crippen molar-refractivity contribution in [2.24, 2.45) is 0 Å². The maximum atomic E-state index is 11.5. The summed E-state index contributed by atoms with van der Waals surface area (Å²) in [6, 6.07) is 0. The van der Waals surface area contributed by atoms with Crippen molar-refractivity contribution < 1.29 is 0 Å². The van der Waals surface area contributed by atoms with Crippen LogP contribution in [0.1, 0.15) is 0 Å². The molecular formula is C8H5N5O. The van der Waals surface area contributed by atoms with E-state index < -0.39 is 0 Å². The highest BCUT2D eigenvalue weighted by Gasteiger charge is 2.04. The Balaban J connectivity index is 2.73. The minimum atomic E-state index is -0.190. The number of H-pyrrole nitrogens is 1. The van der Waals surface area contributed by atoms with Gasteiger partial charge in [0.05, 0.1) is 12.4 Å². The van der Waals surface area contributed by atoms with Gasteiger partial charge in [0.1, 0.15) is 23.7 Å². The van der Waals surface area contributed by atoms with Crippen LogP contribution < -0.4 is 5.56 Å². The zero-order chi connectivity index (χ0) is 9.54. The van der Waals surface area contributed by atoms with Crippen LogP contribution >= 0.6 is 0 Å². The van der Waals surface area contributed by atoms with Crippen LogP contribution in [-0.4, -0.2) is 24.3 Å². The molecule has 0 fully saturated rings. The van der Waals surface area contributed by atoms with Gasteiger partial charge in [0.15, 0.2) is 5.65 Å². The molecule has 0 aliphatic heterocycles. The number of aromatic amines is 1. The molecule has 6 heteroatoms. The molecule has 0 saturated heterocycles. The first-order valence-electron chi connectivity index (χ1n) is 4.00. The van der Waals surface area contributed by atoms with Gasteiger partial charge in [-0.1, -0.05) is 0 Å². The summed E-state index contributed by atoms with van der Waals surface area (Å²) in [7, 11) is 0. The average Bonchev–Trinajstić information content (AvgIpc) is 2.67. The largest absolute Gasteiger partial charge is 0.316 e. The van der Waals surface area contributed by atoms with Crippen molar-refractivity contribution in [3.63, 3.8) is 0 Å². The van der Waals surface area contributed by atoms with Gasteiger partial charge >= 0.3 is 0 Å². The van der Waals surface area contributed by atoms with Gasteiger partial charge in [-0.2, -0.15) is 0 Å². The summed E-state index contributed by atoms with van der Waals surface area (Å²) < 4.78 is 1.63. The zero-order valence-electron chi connectivity index (χ0n) is 7.01. The summed E-state index contributed by atoms with van der Waals surface area (Å²) in [6.07, 6.45) is 6.05. The Bertz CT molecular complexity index is 668. The Kier molecular flexibility index (Phi) is 1.22. The van der Waals surface area contributed by atoms with Crippen LogP contribution in [-0.2, 0) is 0 Å². The predicted octanol–water partition coefficient (Wildman–Crippen LogP) is -0.0342. The first-order chi connectivity index (χ1) is 6.86. The third-order valence-electron chi connectivity index (χ3n) is 2.04. The number of nitrogens with zero attached hydrogens (tertiary/aromatic N) is 4. The van der Waals surface area contributed by atoms with Crippen molar-refractivity contribution in [3.05, 3.63) is 35.4 Å². The summed E-state index contributed by atoms with van der Waals surface area (Å²) >= 11 is 0. The summed E-state index contributed by atoms with van der Waals surface area (Å²) in [4.78, 5) is 25.9. The van der Waals surface area contributed by atoms with Crippen LogP contribution in [0, 0.1) is 0 Å². The molecule has 68 valence electrons. The van der Waals surface area contributed by atoms with E-state index in [0.29, 0.717) is 16.7 Å². The molecule has 1 N–H and O–H groups in total. The quantitative estimate of drug-likeness (QED) is 0.536. The molecule has 0 aliphatic carbocycles. The Labute approximate surface area is 77.3 Å². The highest BCUT2D eigenvalue weighted by Crippen LogP contribution is 2.05. The molecule has 0 aliphatic rings. The van der Waals surface area contributed by atoms with E-state index in [0.717, 1.165) is 0 Å². The summed E-state index contributed by atoms with van der Waals surface area (Å²) in [5.41, 5.74) is 1.54. The molecule has 3 aromatic heterocycles. The molecule has 0 bridgehead atoms. The number of hydrogen-bond donors (Lipinski definition) is 1. The zero-order valence-corrected chi connectivity index (χ0v) is 7.01. The van der Waals surface area contributed by atoms with E-state index in [1.807, 2.05) is 0 Å². The van der Waals surface area contributed by atoms with Crippen molar-refractivity contribution in [2.45, 2.75) is 0 Å². The molecule has 3 aromatic rings. The van der Waals surface area contributed by atoms with Crippen LogP contribution in [0.5, 0.6) is 0 Å². The fourth-order valence-electron chi connectivity index (χ4n) is 1.42. The molecule has 0 aromatic carbocycles. The SMILES string of the molecule is O=c1[nH]c2cncnc2n2cncc12. The second kappa shape index (κ2) is 2.38. The van der Waals surface area contributed by atoms with Crippen molar-refractivity contribution in [3.8, 4) is 0 Å². The number of imidazole rings is 1. The van der Waals surface area contributed by atoms with Crippen LogP contribution in [0.3, 0.4) is 0 Å². The Morgan fingerprint density at radius 1 is 1.29 bits per heavy atom. The minimum absolute atomic E-state index is 0.190. The molecule has 0 saturated carbocycles. The number of nitrogens with one attached hydrogen (secondary N) is 1. The highest BCUT2D eigenvalue weighted by molar-refractivity contribution is 5.72. The fraction of sp³-hybridized carbons (Fsp3) is 0. The first kappa shape index (κ1) is 7.19. The van der Waals surface area contributed by atoms with E-state index in [1.165, 1.54) is 12.5 Å². The normalized spacial score (nSPS) is 11.1. The fourth-order valence-corrected chi connectivity index (χ4v) is 1.42. The van der Waals surface area contributed by atoms with Gasteiger partial charge in [0.2, 0.25) is 0 Å². The topological polar surface area (TPSA) is 75.9 Å². The van der Waals surface area contributed by atoms with Crippen LogP contribution in [0.2, 0.25) is 0 Å². The molecule has 6 nitrogen and oxygen atoms in total. The van der Waals surface area contributed by atoms with Crippen molar-refractivity contribution in [1.82, 2.24) is 24.3 Å². The summed E-state index contributed by atoms with van der Waals surface area (Å²) in [5.74, 6) is 0. The lowest BCUT2D eigenvalue weighted by Gasteiger charge is -1.98. The third-order valence-corrected chi connectivity index (χ3v) is 2.04. The lowest BCUT2D eigenvalue weighted by atomic mass is 10.5. The molecule has 3 rings (SSSR count). The van der Waals surface area contributed by atoms with Crippen molar-refractivity contribution >= 4 is 16.7 Å². The summed E-state index contributed by atoms with van der Waals surface area (Å²) in [5, 5.41) is 0. The van der Waals surface area contributed by atoms with Crippen LogP contribution in [0.25, 0.3) is 16.7 Å². The molecule has 0 atom stereocenters. The minimum Gasteiger partial charge on any atom is -0.316 e. The highest BCUT2D eigenvalue weighted by atomic mass is 16.1. The second-order valence-corrected chi connectivity index (χ2v) is 2.86. The molecular weight excluding hydrogens is 182 g/mol. The van der Waals surface area contributed by atoms with Gasteiger partial charge in [-0.25, -0.2) is 15.0 Å². The Hall–Kier alpha value is -2.24. The van der Waals surface area contributed by atoms with E-state index in [1.54, 1.807) is 16.9 Å². The number of rotatable bonds is 0. The Morgan fingerprint density at radius 3 is 3.14 bits per heavy atom. The van der Waals surface area contributed by atoms with Crippen LogP contribution in [0.4, 0.5) is 0 Å². The number of aromatic nitrogens is 5. The lowest BCUT2D eigenvalue weighted by Crippen LogP contribution is -2.10. The molecule has 0 unspecified atom stereocenters. The monoisotopic (exact) mass is 187 g/mol. The smallest absolute Gasteiger partial charge is 0.274 e. The third kappa shape index (κ3) is 0.792. The van der Waals surface area contributed by atoms with Gasteiger partial charge in [-0.15, -0.1) is 0 Å². The maximum Gasteiger partial charge on any atom is 0.274 e. The van der Waals surface area contributed by atoms with E-state index in [-0.39, 0.29) is 5.56 Å². The van der Waals surface area contributed by atoms with E-state index in [2.05, 4.69) is 19.9 Å². The van der Waals surface area contributed by atoms with Gasteiger partial charge in [0.25, 0.3) is 5.56 Å². The van der Waals surface area contributed by atoms with Crippen molar-refractivity contribution in [1.29, 1.82) is 0 Å². The van der Waals surface area contributed by atoms with Gasteiger partial charge in [0, 0.05) is 0 Å². The number of fused-ring (bicyclic) bond motifs is 3. The van der Waals surface area contributed by atoms with E-state index in [4.69, 9.17) is 0 Å². The van der Waals surface area contributed by atoms with Gasteiger partial charge in [-0.3, -0.25) is 9.20 Å². The molecule has 3 heterocycles. The van der Waals surface area contributed by atoms with E-state index in [9.17, 15) is 4.79 Å². The summed E-state index contributed by atoms with van der Waals surface area (Å²) in [6.45, 7) is 0. The predicted molar refractivity (Wildman–Crippen MR) is 48.9 cm³/mol. The van der Waals surface area contributed by atoms with E-state index >= 15 is 0 Å². The average molecular weight is 187 g/mol. The lowest BCUT2D eigenvalue weighted by molar-refractivity contribution is 1.08. The molecule has 0 spiro atoms. The second-order valence-electron chi connectivity index (χ2n) is 2.86. The standard InChI is InChI=1S/C8H5N5O/c14-8-6-2-10-4-13(6)7-5(12-8)1-9-3-11-7/h1-4H,(H,12,14). The number of hydrogen-bond acceptors (Lipinski definition) is 4. The van der Waals surface area contributed by atoms with Gasteiger partial charge < -0.3 is 4.98 Å². The van der Waals surface area contributed by atoms with Crippen LogP contribution in [0.15, 0.2) is 29.8 Å². The van der Waals surface area contributed by atoms with Gasteiger partial charge in [-0.05, 0) is 0 Å². The molecule has 14 heavy (non-hydrogen) atoms. The Morgan fingerprint density at radius 2 is 2.21 bits per heavy atom. The van der Waals surface area contributed by atoms with Crippen molar-refractivity contribution in [2.75, 3.05) is 0 Å². The first-order valence-corrected chi connectivity index (χ1v) is 4.00. The maximum absolute atomic E-state index is 11.5. The molecule has 0 radical (unpaired) electrons.